The van der Waals surface area contributed by atoms with Crippen LogP contribution in [-0.2, 0) is 4.74 Å². The Labute approximate surface area is 173 Å². The lowest BCUT2D eigenvalue weighted by Gasteiger charge is -2.13. The number of hydrogen-bond acceptors (Lipinski definition) is 8. The zero-order chi connectivity index (χ0) is 21.4. The Morgan fingerprint density at radius 3 is 2.70 bits per heavy atom. The molecule has 0 atom stereocenters. The fourth-order valence-electron chi connectivity index (χ4n) is 3.06. The number of nitrogen functional groups attached to an aromatic ring is 1. The number of nitrogens with one attached hydrogen (secondary N) is 1. The number of carbonyl (C=O) groups is 3. The molecule has 30 heavy (non-hydrogen) atoms. The summed E-state index contributed by atoms with van der Waals surface area (Å²) in [5.41, 5.74) is 6.26. The number of imide groups is 1. The molecule has 0 fully saturated rings. The van der Waals surface area contributed by atoms with E-state index in [4.69, 9.17) is 10.5 Å². The van der Waals surface area contributed by atoms with Crippen LogP contribution in [0.1, 0.15) is 31.1 Å². The van der Waals surface area contributed by atoms with E-state index in [9.17, 15) is 19.2 Å². The molecule has 0 bridgehead atoms. The van der Waals surface area contributed by atoms with Crippen molar-refractivity contribution in [3.8, 4) is 5.69 Å². The van der Waals surface area contributed by atoms with E-state index in [-0.39, 0.29) is 16.9 Å². The van der Waals surface area contributed by atoms with E-state index in [0.29, 0.717) is 21.2 Å². The molecule has 2 amide bonds. The van der Waals surface area contributed by atoms with Gasteiger partial charge in [0.25, 0.3) is 17.4 Å². The van der Waals surface area contributed by atoms with Gasteiger partial charge in [-0.2, -0.15) is 0 Å². The molecule has 1 aromatic carbocycles. The number of amides is 2. The number of nitrogens with two attached hydrogens (primary N) is 1. The van der Waals surface area contributed by atoms with Crippen LogP contribution in [0.2, 0.25) is 0 Å². The van der Waals surface area contributed by atoms with Gasteiger partial charge in [-0.15, -0.1) is 0 Å². The predicted molar refractivity (Wildman–Crippen MR) is 108 cm³/mol. The Morgan fingerprint density at radius 1 is 1.13 bits per heavy atom. The molecule has 4 rings (SSSR count). The molecule has 0 aliphatic carbocycles. The number of fused-ring (bicyclic) bond motifs is 1. The summed E-state index contributed by atoms with van der Waals surface area (Å²) in [5, 5.41) is 2.68. The lowest BCUT2D eigenvalue weighted by molar-refractivity contribution is 0.0599. The summed E-state index contributed by atoms with van der Waals surface area (Å²) in [5.74, 6) is -1.88. The molecule has 0 radical (unpaired) electrons. The van der Waals surface area contributed by atoms with Crippen molar-refractivity contribution in [2.75, 3.05) is 12.8 Å². The maximum atomic E-state index is 12.6. The topological polar surface area (TPSA) is 133 Å². The van der Waals surface area contributed by atoms with Crippen molar-refractivity contribution >= 4 is 35.4 Å². The fourth-order valence-corrected chi connectivity index (χ4v) is 3.93. The number of rotatable bonds is 4. The molecule has 0 saturated heterocycles. The van der Waals surface area contributed by atoms with Gasteiger partial charge < -0.3 is 10.5 Å². The minimum Gasteiger partial charge on any atom is -0.465 e. The van der Waals surface area contributed by atoms with Crippen LogP contribution in [0.15, 0.2) is 63.4 Å². The number of pyridine rings is 2. The molecule has 1 aliphatic rings. The van der Waals surface area contributed by atoms with Crippen molar-refractivity contribution in [1.29, 1.82) is 0 Å². The van der Waals surface area contributed by atoms with Crippen LogP contribution in [0, 0.1) is 0 Å². The maximum absolute atomic E-state index is 12.6. The largest absolute Gasteiger partial charge is 0.465 e. The van der Waals surface area contributed by atoms with Crippen molar-refractivity contribution in [3.05, 3.63) is 75.7 Å². The van der Waals surface area contributed by atoms with Gasteiger partial charge in [-0.05, 0) is 30.3 Å². The summed E-state index contributed by atoms with van der Waals surface area (Å²) in [6.45, 7) is 0. The number of nitrogens with zero attached hydrogens (tertiary/aromatic N) is 2. The summed E-state index contributed by atoms with van der Waals surface area (Å²) < 4.78 is 5.88. The number of carbonyl (C=O) groups excluding carboxylic acids is 3. The number of methoxy groups -OCH3 is 1. The van der Waals surface area contributed by atoms with Gasteiger partial charge in [-0.25, -0.2) is 9.78 Å². The van der Waals surface area contributed by atoms with E-state index in [1.165, 1.54) is 29.6 Å². The van der Waals surface area contributed by atoms with E-state index >= 15 is 0 Å². The minimum atomic E-state index is -0.646. The predicted octanol–water partition coefficient (Wildman–Crippen LogP) is 1.64. The summed E-state index contributed by atoms with van der Waals surface area (Å²) in [6.07, 6.45) is 1.50. The van der Waals surface area contributed by atoms with Crippen molar-refractivity contribution in [3.63, 3.8) is 0 Å². The van der Waals surface area contributed by atoms with Crippen LogP contribution < -0.4 is 16.6 Å². The lowest BCUT2D eigenvalue weighted by atomic mass is 10.1. The molecule has 9 nitrogen and oxygen atoms in total. The van der Waals surface area contributed by atoms with Crippen molar-refractivity contribution in [2.45, 2.75) is 9.92 Å². The molecule has 3 aromatic rings. The Morgan fingerprint density at radius 2 is 1.93 bits per heavy atom. The minimum absolute atomic E-state index is 0.0231. The average Bonchev–Trinajstić information content (AvgIpc) is 3.01. The lowest BCUT2D eigenvalue weighted by Crippen LogP contribution is -2.24. The zero-order valence-electron chi connectivity index (χ0n) is 15.5. The molecular formula is C20H14N4O5S. The van der Waals surface area contributed by atoms with Gasteiger partial charge in [0.1, 0.15) is 10.8 Å². The highest BCUT2D eigenvalue weighted by Crippen LogP contribution is 2.29. The van der Waals surface area contributed by atoms with Gasteiger partial charge in [0.2, 0.25) is 0 Å². The van der Waals surface area contributed by atoms with E-state index in [1.807, 2.05) is 0 Å². The highest BCUT2D eigenvalue weighted by molar-refractivity contribution is 7.99. The van der Waals surface area contributed by atoms with E-state index in [2.05, 4.69) is 10.3 Å². The van der Waals surface area contributed by atoms with Gasteiger partial charge in [-0.1, -0.05) is 17.8 Å². The quantitative estimate of drug-likeness (QED) is 0.479. The third kappa shape index (κ3) is 3.33. The van der Waals surface area contributed by atoms with Crippen LogP contribution in [0.4, 0.5) is 5.82 Å². The Bertz CT molecular complexity index is 1280. The fraction of sp³-hybridized carbons (Fsp3) is 0.0500. The van der Waals surface area contributed by atoms with Crippen LogP contribution >= 0.6 is 11.8 Å². The second-order valence-corrected chi connectivity index (χ2v) is 7.34. The van der Waals surface area contributed by atoms with E-state index in [1.54, 1.807) is 36.4 Å². The second kappa shape index (κ2) is 7.48. The van der Waals surface area contributed by atoms with E-state index < -0.39 is 23.3 Å². The number of esters is 1. The van der Waals surface area contributed by atoms with Crippen molar-refractivity contribution < 1.29 is 19.1 Å². The van der Waals surface area contributed by atoms with Crippen LogP contribution in [0.25, 0.3) is 5.69 Å². The maximum Gasteiger partial charge on any atom is 0.337 e. The van der Waals surface area contributed by atoms with Crippen molar-refractivity contribution in [2.24, 2.45) is 0 Å². The monoisotopic (exact) mass is 422 g/mol. The van der Waals surface area contributed by atoms with E-state index in [0.717, 1.165) is 6.07 Å². The summed E-state index contributed by atoms with van der Waals surface area (Å²) in [7, 11) is 1.30. The summed E-state index contributed by atoms with van der Waals surface area (Å²) in [6, 6.07) is 11.1. The summed E-state index contributed by atoms with van der Waals surface area (Å²) >= 11 is 1.27. The normalized spacial score (nSPS) is 12.4. The van der Waals surface area contributed by atoms with Gasteiger partial charge >= 0.3 is 5.97 Å². The number of ether oxygens (including phenoxy) is 1. The second-order valence-electron chi connectivity index (χ2n) is 6.25. The van der Waals surface area contributed by atoms with Crippen LogP contribution in [0.5, 0.6) is 0 Å². The van der Waals surface area contributed by atoms with Gasteiger partial charge in [0, 0.05) is 17.2 Å². The Hall–Kier alpha value is -3.92. The Kier molecular flexibility index (Phi) is 4.84. The molecule has 10 heteroatoms. The molecule has 0 unspecified atom stereocenters. The first-order valence-corrected chi connectivity index (χ1v) is 9.44. The molecule has 0 saturated carbocycles. The van der Waals surface area contributed by atoms with Crippen LogP contribution in [-0.4, -0.2) is 34.4 Å². The zero-order valence-corrected chi connectivity index (χ0v) is 16.4. The number of hydrogen-bond donors (Lipinski definition) is 2. The standard InChI is InChI=1S/C20H14N4O5S/c1-29-20(28)10-5-6-22-14(7-10)30-12-4-2-3-11(8-12)24-15(25)9-13-16(17(24)21)19(27)23-18(13)26/h2-9H,21H2,1H3,(H,23,26,27). The SMILES string of the molecule is COC(=O)c1ccnc(Sc2cccc(-n3c(N)c4c(cc3=O)C(=O)NC4=O)c2)c1. The number of anilines is 1. The average molecular weight is 422 g/mol. The first kappa shape index (κ1) is 19.4. The molecular weight excluding hydrogens is 408 g/mol. The molecule has 0 spiro atoms. The highest BCUT2D eigenvalue weighted by atomic mass is 32.2. The highest BCUT2D eigenvalue weighted by Gasteiger charge is 2.31. The van der Waals surface area contributed by atoms with Gasteiger partial charge in [0.15, 0.2) is 0 Å². The number of aromatic nitrogens is 2. The summed E-state index contributed by atoms with van der Waals surface area (Å²) in [4.78, 5) is 53.1. The van der Waals surface area contributed by atoms with Crippen molar-refractivity contribution in [1.82, 2.24) is 14.9 Å². The Balaban J connectivity index is 1.73. The number of benzene rings is 1. The molecule has 150 valence electrons. The molecule has 1 aliphatic heterocycles. The third-order valence-electron chi connectivity index (χ3n) is 4.41. The molecule has 3 N–H and O–H groups in total. The molecule has 2 aromatic heterocycles. The first-order valence-electron chi connectivity index (χ1n) is 8.63. The first-order chi connectivity index (χ1) is 14.4. The van der Waals surface area contributed by atoms with Gasteiger partial charge in [0.05, 0.1) is 29.5 Å². The smallest absolute Gasteiger partial charge is 0.337 e. The van der Waals surface area contributed by atoms with Gasteiger partial charge in [-0.3, -0.25) is 24.3 Å². The third-order valence-corrected chi connectivity index (χ3v) is 5.33. The van der Waals surface area contributed by atoms with Crippen LogP contribution in [0.3, 0.4) is 0 Å². The molecule has 3 heterocycles.